The van der Waals surface area contributed by atoms with Crippen molar-refractivity contribution in [2.24, 2.45) is 0 Å². The van der Waals surface area contributed by atoms with Gasteiger partial charge in [0.25, 0.3) is 5.91 Å². The Morgan fingerprint density at radius 2 is 2.05 bits per heavy atom. The number of nitrogen functional groups attached to an aromatic ring is 1. The van der Waals surface area contributed by atoms with Gasteiger partial charge in [0.05, 0.1) is 0 Å². The molecule has 6 nitrogen and oxygen atoms in total. The fourth-order valence-corrected chi connectivity index (χ4v) is 2.34. The second-order valence-electron chi connectivity index (χ2n) is 5.06. The molecule has 0 unspecified atom stereocenters. The molecule has 1 aromatic carbocycles. The molecular weight excluding hydrogens is 268 g/mol. The zero-order chi connectivity index (χ0) is 14.7. The standard InChI is InChI=1S/C15H18N4O2/c16-12-4-2-11(3-5-12)14-18-13(10-21-14)15(20)19-8-1-6-17-7-9-19/h2-5,10,17H,1,6-9,16H2. The van der Waals surface area contributed by atoms with Crippen molar-refractivity contribution < 1.29 is 9.21 Å². The first-order valence-corrected chi connectivity index (χ1v) is 7.05. The average Bonchev–Trinajstić information content (AvgIpc) is 2.83. The van der Waals surface area contributed by atoms with Gasteiger partial charge in [0.2, 0.25) is 5.89 Å². The lowest BCUT2D eigenvalue weighted by atomic mass is 10.2. The van der Waals surface area contributed by atoms with Crippen molar-refractivity contribution in [2.45, 2.75) is 6.42 Å². The molecule has 3 rings (SSSR count). The van der Waals surface area contributed by atoms with Crippen molar-refractivity contribution in [3.63, 3.8) is 0 Å². The maximum absolute atomic E-state index is 12.4. The Morgan fingerprint density at radius 3 is 2.86 bits per heavy atom. The number of anilines is 1. The molecule has 0 aliphatic carbocycles. The highest BCUT2D eigenvalue weighted by molar-refractivity contribution is 5.92. The first kappa shape index (κ1) is 13.6. The van der Waals surface area contributed by atoms with Crippen molar-refractivity contribution in [1.82, 2.24) is 15.2 Å². The van der Waals surface area contributed by atoms with Gasteiger partial charge in [-0.05, 0) is 37.2 Å². The number of benzene rings is 1. The summed E-state index contributed by atoms with van der Waals surface area (Å²) >= 11 is 0. The molecule has 0 atom stereocenters. The SMILES string of the molecule is Nc1ccc(-c2nc(C(=O)N3CCCNCC3)co2)cc1. The van der Waals surface area contributed by atoms with E-state index in [0.29, 0.717) is 23.8 Å². The van der Waals surface area contributed by atoms with E-state index in [9.17, 15) is 4.79 Å². The van der Waals surface area contributed by atoms with Crippen LogP contribution in [-0.4, -0.2) is 42.0 Å². The van der Waals surface area contributed by atoms with Crippen molar-refractivity contribution >= 4 is 11.6 Å². The summed E-state index contributed by atoms with van der Waals surface area (Å²) in [5.41, 5.74) is 7.49. The summed E-state index contributed by atoms with van der Waals surface area (Å²) in [4.78, 5) is 18.5. The molecule has 0 spiro atoms. The highest BCUT2D eigenvalue weighted by Gasteiger charge is 2.20. The minimum Gasteiger partial charge on any atom is -0.444 e. The maximum Gasteiger partial charge on any atom is 0.275 e. The van der Waals surface area contributed by atoms with Crippen LogP contribution in [0.25, 0.3) is 11.5 Å². The van der Waals surface area contributed by atoms with Gasteiger partial charge in [-0.3, -0.25) is 4.79 Å². The third kappa shape index (κ3) is 3.05. The lowest BCUT2D eigenvalue weighted by Crippen LogP contribution is -2.34. The Kier molecular flexibility index (Phi) is 3.87. The molecule has 1 aromatic heterocycles. The van der Waals surface area contributed by atoms with E-state index in [1.54, 1.807) is 12.1 Å². The third-order valence-electron chi connectivity index (χ3n) is 3.51. The first-order chi connectivity index (χ1) is 10.2. The van der Waals surface area contributed by atoms with E-state index >= 15 is 0 Å². The number of carbonyl (C=O) groups excluding carboxylic acids is 1. The summed E-state index contributed by atoms with van der Waals surface area (Å²) in [6.07, 6.45) is 2.38. The van der Waals surface area contributed by atoms with Crippen LogP contribution in [0.1, 0.15) is 16.9 Å². The van der Waals surface area contributed by atoms with Gasteiger partial charge in [0, 0.05) is 30.9 Å². The molecule has 21 heavy (non-hydrogen) atoms. The van der Waals surface area contributed by atoms with Crippen LogP contribution in [0.5, 0.6) is 0 Å². The Labute approximate surface area is 122 Å². The smallest absolute Gasteiger partial charge is 0.275 e. The van der Waals surface area contributed by atoms with E-state index in [1.165, 1.54) is 6.26 Å². The van der Waals surface area contributed by atoms with E-state index in [4.69, 9.17) is 10.2 Å². The predicted octanol–water partition coefficient (Wildman–Crippen LogP) is 1.36. The number of carbonyl (C=O) groups is 1. The molecule has 110 valence electrons. The topological polar surface area (TPSA) is 84.4 Å². The van der Waals surface area contributed by atoms with Crippen molar-refractivity contribution in [3.8, 4) is 11.5 Å². The Hall–Kier alpha value is -2.34. The molecule has 1 aliphatic heterocycles. The summed E-state index contributed by atoms with van der Waals surface area (Å²) in [6.45, 7) is 3.20. The van der Waals surface area contributed by atoms with Gasteiger partial charge in [-0.15, -0.1) is 0 Å². The number of hydrogen-bond donors (Lipinski definition) is 2. The van der Waals surface area contributed by atoms with Crippen LogP contribution in [0, 0.1) is 0 Å². The number of amides is 1. The molecule has 1 amide bonds. The van der Waals surface area contributed by atoms with Crippen LogP contribution in [0.4, 0.5) is 5.69 Å². The van der Waals surface area contributed by atoms with Crippen LogP contribution in [0.15, 0.2) is 34.9 Å². The van der Waals surface area contributed by atoms with E-state index in [2.05, 4.69) is 10.3 Å². The zero-order valence-electron chi connectivity index (χ0n) is 11.7. The number of nitrogens with one attached hydrogen (secondary N) is 1. The lowest BCUT2D eigenvalue weighted by molar-refractivity contribution is 0.0760. The van der Waals surface area contributed by atoms with Crippen LogP contribution >= 0.6 is 0 Å². The van der Waals surface area contributed by atoms with Crippen LogP contribution in [0.2, 0.25) is 0 Å². The molecule has 6 heteroatoms. The number of rotatable bonds is 2. The molecular formula is C15H18N4O2. The number of nitrogens with zero attached hydrogens (tertiary/aromatic N) is 2. The number of hydrogen-bond acceptors (Lipinski definition) is 5. The van der Waals surface area contributed by atoms with Gasteiger partial charge in [0.15, 0.2) is 5.69 Å². The third-order valence-corrected chi connectivity index (χ3v) is 3.51. The second-order valence-corrected chi connectivity index (χ2v) is 5.06. The highest BCUT2D eigenvalue weighted by Crippen LogP contribution is 2.20. The van der Waals surface area contributed by atoms with E-state index in [0.717, 1.165) is 31.6 Å². The minimum absolute atomic E-state index is 0.0795. The van der Waals surface area contributed by atoms with Crippen molar-refractivity contribution in [3.05, 3.63) is 36.2 Å². The summed E-state index contributed by atoms with van der Waals surface area (Å²) in [7, 11) is 0. The Morgan fingerprint density at radius 1 is 1.24 bits per heavy atom. The summed E-state index contributed by atoms with van der Waals surface area (Å²) in [5, 5.41) is 3.27. The lowest BCUT2D eigenvalue weighted by Gasteiger charge is -2.18. The van der Waals surface area contributed by atoms with Crippen molar-refractivity contribution in [1.29, 1.82) is 0 Å². The molecule has 1 aliphatic rings. The van der Waals surface area contributed by atoms with Crippen LogP contribution in [-0.2, 0) is 0 Å². The Bertz CT molecular complexity index is 613. The molecule has 2 heterocycles. The number of oxazole rings is 1. The van der Waals surface area contributed by atoms with Gasteiger partial charge >= 0.3 is 0 Å². The van der Waals surface area contributed by atoms with Gasteiger partial charge in [-0.2, -0.15) is 0 Å². The highest BCUT2D eigenvalue weighted by atomic mass is 16.3. The number of nitrogens with two attached hydrogens (primary N) is 1. The predicted molar refractivity (Wildman–Crippen MR) is 79.7 cm³/mol. The van der Waals surface area contributed by atoms with Crippen LogP contribution < -0.4 is 11.1 Å². The average molecular weight is 286 g/mol. The molecule has 2 aromatic rings. The second kappa shape index (κ2) is 5.97. The molecule has 3 N–H and O–H groups in total. The molecule has 0 radical (unpaired) electrons. The van der Waals surface area contributed by atoms with Crippen molar-refractivity contribution in [2.75, 3.05) is 31.9 Å². The van der Waals surface area contributed by atoms with Crippen LogP contribution in [0.3, 0.4) is 0 Å². The molecule has 0 bridgehead atoms. The van der Waals surface area contributed by atoms with Gasteiger partial charge in [0.1, 0.15) is 6.26 Å². The fourth-order valence-electron chi connectivity index (χ4n) is 2.34. The first-order valence-electron chi connectivity index (χ1n) is 7.05. The van der Waals surface area contributed by atoms with E-state index in [1.807, 2.05) is 17.0 Å². The summed E-state index contributed by atoms with van der Waals surface area (Å²) in [6, 6.07) is 7.21. The molecule has 0 saturated carbocycles. The van der Waals surface area contributed by atoms with Gasteiger partial charge in [-0.1, -0.05) is 0 Å². The zero-order valence-corrected chi connectivity index (χ0v) is 11.7. The van der Waals surface area contributed by atoms with Gasteiger partial charge < -0.3 is 20.4 Å². The van der Waals surface area contributed by atoms with Gasteiger partial charge in [-0.25, -0.2) is 4.98 Å². The minimum atomic E-state index is -0.0795. The summed E-state index contributed by atoms with van der Waals surface area (Å²) in [5.74, 6) is 0.357. The fraction of sp³-hybridized carbons (Fsp3) is 0.333. The number of aromatic nitrogens is 1. The van der Waals surface area contributed by atoms with E-state index < -0.39 is 0 Å². The molecule has 1 fully saturated rings. The summed E-state index contributed by atoms with van der Waals surface area (Å²) < 4.78 is 5.42. The monoisotopic (exact) mass is 286 g/mol. The Balaban J connectivity index is 1.77. The normalized spacial score (nSPS) is 15.7. The largest absolute Gasteiger partial charge is 0.444 e. The molecule has 1 saturated heterocycles. The quantitative estimate of drug-likeness (QED) is 0.814. The van der Waals surface area contributed by atoms with E-state index in [-0.39, 0.29) is 5.91 Å². The maximum atomic E-state index is 12.4.